The van der Waals surface area contributed by atoms with Gasteiger partial charge in [-0.15, -0.1) is 0 Å². The molecule has 1 atom stereocenters. The number of hydrogen-bond donors (Lipinski definition) is 3. The van der Waals surface area contributed by atoms with Gasteiger partial charge >= 0.3 is 5.97 Å². The molecule has 0 fully saturated rings. The molecule has 0 unspecified atom stereocenters. The average molecular weight is 332 g/mol. The smallest absolute Gasteiger partial charge is 0.326 e. The zero-order valence-corrected chi connectivity index (χ0v) is 11.8. The number of benzene rings is 1. The number of nitrogens with one attached hydrogen (secondary N) is 1. The molecule has 0 aliphatic rings. The molecule has 1 amide bonds. The van der Waals surface area contributed by atoms with Crippen molar-refractivity contribution in [1.29, 1.82) is 0 Å². The molecule has 0 saturated heterocycles. The molecule has 0 bridgehead atoms. The predicted octanol–water partition coefficient (Wildman–Crippen LogP) is 1.02. The standard InChI is InChI=1S/C12H14BrNO5/c1-19-10-6-7(13)2-3-8(10)11(16)14-9(4-5-15)12(17)18/h2-3,6,9,15H,4-5H2,1H3,(H,14,16)(H,17,18)/t9-/m0/s1. The quantitative estimate of drug-likeness (QED) is 0.723. The lowest BCUT2D eigenvalue weighted by Crippen LogP contribution is -2.41. The highest BCUT2D eigenvalue weighted by Gasteiger charge is 2.21. The van der Waals surface area contributed by atoms with Crippen LogP contribution in [0.4, 0.5) is 0 Å². The number of amides is 1. The lowest BCUT2D eigenvalue weighted by Gasteiger charge is -2.14. The first-order chi connectivity index (χ1) is 8.99. The van der Waals surface area contributed by atoms with E-state index in [1.807, 2.05) is 0 Å². The van der Waals surface area contributed by atoms with Crippen LogP contribution in [0.1, 0.15) is 16.8 Å². The maximum Gasteiger partial charge on any atom is 0.326 e. The van der Waals surface area contributed by atoms with Gasteiger partial charge in [0, 0.05) is 17.5 Å². The van der Waals surface area contributed by atoms with Crippen LogP contribution in [0.2, 0.25) is 0 Å². The van der Waals surface area contributed by atoms with E-state index < -0.39 is 17.9 Å². The van der Waals surface area contributed by atoms with Gasteiger partial charge in [0.15, 0.2) is 0 Å². The van der Waals surface area contributed by atoms with Crippen molar-refractivity contribution in [2.24, 2.45) is 0 Å². The van der Waals surface area contributed by atoms with Crippen molar-refractivity contribution in [2.45, 2.75) is 12.5 Å². The first kappa shape index (κ1) is 15.5. The second-order valence-corrected chi connectivity index (χ2v) is 4.64. The molecule has 0 saturated carbocycles. The molecule has 1 rings (SSSR count). The van der Waals surface area contributed by atoms with Gasteiger partial charge in [0.25, 0.3) is 5.91 Å². The van der Waals surface area contributed by atoms with Crippen molar-refractivity contribution in [3.8, 4) is 5.75 Å². The minimum Gasteiger partial charge on any atom is -0.496 e. The number of carboxylic acids is 1. The van der Waals surface area contributed by atoms with Crippen molar-refractivity contribution in [3.05, 3.63) is 28.2 Å². The van der Waals surface area contributed by atoms with Crippen LogP contribution < -0.4 is 10.1 Å². The number of ether oxygens (including phenoxy) is 1. The molecule has 0 heterocycles. The summed E-state index contributed by atoms with van der Waals surface area (Å²) in [6.45, 7) is -0.325. The van der Waals surface area contributed by atoms with Gasteiger partial charge in [0.1, 0.15) is 11.8 Å². The molecular formula is C12H14BrNO5. The molecular weight excluding hydrogens is 318 g/mol. The monoisotopic (exact) mass is 331 g/mol. The number of carbonyl (C=O) groups excluding carboxylic acids is 1. The fourth-order valence-corrected chi connectivity index (χ4v) is 1.82. The van der Waals surface area contributed by atoms with E-state index in [9.17, 15) is 9.59 Å². The van der Waals surface area contributed by atoms with Gasteiger partial charge < -0.3 is 20.3 Å². The number of hydrogen-bond acceptors (Lipinski definition) is 4. The Morgan fingerprint density at radius 2 is 2.16 bits per heavy atom. The fraction of sp³-hybridized carbons (Fsp3) is 0.333. The summed E-state index contributed by atoms with van der Waals surface area (Å²) in [5, 5.41) is 20.0. The topological polar surface area (TPSA) is 95.9 Å². The summed E-state index contributed by atoms with van der Waals surface area (Å²) in [5.74, 6) is -1.43. The molecule has 0 aromatic heterocycles. The highest BCUT2D eigenvalue weighted by atomic mass is 79.9. The van der Waals surface area contributed by atoms with Crippen molar-refractivity contribution in [1.82, 2.24) is 5.32 Å². The van der Waals surface area contributed by atoms with Crippen LogP contribution in [0.5, 0.6) is 5.75 Å². The molecule has 1 aromatic carbocycles. The van der Waals surface area contributed by atoms with Crippen LogP contribution >= 0.6 is 15.9 Å². The fourth-order valence-electron chi connectivity index (χ4n) is 1.48. The van der Waals surface area contributed by atoms with Crippen molar-refractivity contribution < 1.29 is 24.5 Å². The van der Waals surface area contributed by atoms with Crippen molar-refractivity contribution in [2.75, 3.05) is 13.7 Å². The summed E-state index contributed by atoms with van der Waals surface area (Å²) in [5.41, 5.74) is 0.231. The third-order valence-corrected chi connectivity index (χ3v) is 2.92. The third kappa shape index (κ3) is 4.22. The van der Waals surface area contributed by atoms with Crippen LogP contribution in [0.25, 0.3) is 0 Å². The molecule has 19 heavy (non-hydrogen) atoms. The van der Waals surface area contributed by atoms with Crippen LogP contribution in [-0.2, 0) is 4.79 Å². The van der Waals surface area contributed by atoms with Gasteiger partial charge in [-0.1, -0.05) is 15.9 Å². The number of aliphatic carboxylic acids is 1. The minimum atomic E-state index is -1.20. The molecule has 104 valence electrons. The number of methoxy groups -OCH3 is 1. The summed E-state index contributed by atoms with van der Waals surface area (Å²) < 4.78 is 5.80. The normalized spacial score (nSPS) is 11.7. The Hall–Kier alpha value is -1.60. The number of halogens is 1. The van der Waals surface area contributed by atoms with Gasteiger partial charge in [0.2, 0.25) is 0 Å². The van der Waals surface area contributed by atoms with E-state index in [1.54, 1.807) is 12.1 Å². The zero-order valence-electron chi connectivity index (χ0n) is 10.2. The van der Waals surface area contributed by atoms with Gasteiger partial charge in [0.05, 0.1) is 12.7 Å². The number of aliphatic hydroxyl groups excluding tert-OH is 1. The van der Waals surface area contributed by atoms with Crippen LogP contribution in [0.15, 0.2) is 22.7 Å². The van der Waals surface area contributed by atoms with E-state index in [0.717, 1.165) is 4.47 Å². The first-order valence-electron chi connectivity index (χ1n) is 5.47. The third-order valence-electron chi connectivity index (χ3n) is 2.43. The minimum absolute atomic E-state index is 0.0556. The Kier molecular flexibility index (Phi) is 5.78. The Bertz CT molecular complexity index is 477. The number of aliphatic hydroxyl groups is 1. The zero-order chi connectivity index (χ0) is 14.4. The molecule has 3 N–H and O–H groups in total. The van der Waals surface area contributed by atoms with E-state index >= 15 is 0 Å². The SMILES string of the molecule is COc1cc(Br)ccc1C(=O)N[C@@H](CCO)C(=O)O. The lowest BCUT2D eigenvalue weighted by molar-refractivity contribution is -0.139. The maximum atomic E-state index is 12.0. The predicted molar refractivity (Wildman–Crippen MR) is 71.3 cm³/mol. The second kappa shape index (κ2) is 7.10. The van der Waals surface area contributed by atoms with Gasteiger partial charge in [-0.3, -0.25) is 4.79 Å². The molecule has 0 aliphatic heterocycles. The summed E-state index contributed by atoms with van der Waals surface area (Å²) in [7, 11) is 1.42. The highest BCUT2D eigenvalue weighted by Crippen LogP contribution is 2.23. The van der Waals surface area contributed by atoms with Gasteiger partial charge in [-0.2, -0.15) is 0 Å². The number of carbonyl (C=O) groups is 2. The Labute approximate surface area is 118 Å². The number of rotatable bonds is 6. The van der Waals surface area contributed by atoms with Crippen LogP contribution in [0.3, 0.4) is 0 Å². The first-order valence-corrected chi connectivity index (χ1v) is 6.27. The Morgan fingerprint density at radius 3 is 2.68 bits per heavy atom. The molecule has 1 aromatic rings. The second-order valence-electron chi connectivity index (χ2n) is 3.72. The van der Waals surface area contributed by atoms with Gasteiger partial charge in [-0.05, 0) is 18.2 Å². The molecule has 0 aliphatic carbocycles. The van der Waals surface area contributed by atoms with Gasteiger partial charge in [-0.25, -0.2) is 4.79 Å². The average Bonchev–Trinajstić information content (AvgIpc) is 2.37. The summed E-state index contributed by atoms with van der Waals surface area (Å²) >= 11 is 3.25. The van der Waals surface area contributed by atoms with E-state index in [0.29, 0.717) is 5.75 Å². The summed E-state index contributed by atoms with van der Waals surface area (Å²) in [6.07, 6.45) is -0.0556. The van der Waals surface area contributed by atoms with Crippen LogP contribution in [-0.4, -0.2) is 41.8 Å². The Balaban J connectivity index is 2.91. The van der Waals surface area contributed by atoms with E-state index in [-0.39, 0.29) is 18.6 Å². The maximum absolute atomic E-state index is 12.0. The molecule has 7 heteroatoms. The molecule has 0 radical (unpaired) electrons. The largest absolute Gasteiger partial charge is 0.496 e. The van der Waals surface area contributed by atoms with Crippen LogP contribution in [0, 0.1) is 0 Å². The summed E-state index contributed by atoms with van der Waals surface area (Å²) in [4.78, 5) is 22.9. The van der Waals surface area contributed by atoms with E-state index in [2.05, 4.69) is 21.2 Å². The van der Waals surface area contributed by atoms with Crippen molar-refractivity contribution >= 4 is 27.8 Å². The number of carboxylic acid groups (broad SMARTS) is 1. The Morgan fingerprint density at radius 1 is 1.47 bits per heavy atom. The summed E-state index contributed by atoms with van der Waals surface area (Å²) in [6, 6.07) is 3.65. The van der Waals surface area contributed by atoms with E-state index in [1.165, 1.54) is 13.2 Å². The highest BCUT2D eigenvalue weighted by molar-refractivity contribution is 9.10. The van der Waals surface area contributed by atoms with E-state index in [4.69, 9.17) is 14.9 Å². The van der Waals surface area contributed by atoms with Crippen molar-refractivity contribution in [3.63, 3.8) is 0 Å². The molecule has 6 nitrogen and oxygen atoms in total. The lowest BCUT2D eigenvalue weighted by atomic mass is 10.1. The molecule has 0 spiro atoms.